The number of hydrogen-bond donors (Lipinski definition) is 0. The molecule has 1 heterocycles. The Balaban J connectivity index is 2.51. The number of carbonyl (C=O) groups excluding carboxylic acids is 2. The average Bonchev–Trinajstić information content (AvgIpc) is 2.37. The fraction of sp³-hybridized carbons (Fsp3) is 0.250. The maximum absolute atomic E-state index is 11.7. The zero-order valence-electron chi connectivity index (χ0n) is 10.0. The molecule has 1 aromatic rings. The van der Waals surface area contributed by atoms with E-state index in [0.29, 0.717) is 10.6 Å². The molecular formula is C12H10N2O5. The summed E-state index contributed by atoms with van der Waals surface area (Å²) >= 11 is 0. The van der Waals surface area contributed by atoms with Crippen LogP contribution in [0.2, 0.25) is 0 Å². The van der Waals surface area contributed by atoms with Crippen molar-refractivity contribution >= 4 is 23.6 Å². The Hall–Kier alpha value is -2.57. The van der Waals surface area contributed by atoms with Gasteiger partial charge in [-0.05, 0) is 13.0 Å². The van der Waals surface area contributed by atoms with E-state index in [1.807, 2.05) is 0 Å². The van der Waals surface area contributed by atoms with Gasteiger partial charge < -0.3 is 4.74 Å². The first-order valence-corrected chi connectivity index (χ1v) is 5.58. The second-order valence-electron chi connectivity index (χ2n) is 3.85. The number of benzene rings is 1. The predicted octanol–water partition coefficient (Wildman–Crippen LogP) is -0.286. The third-order valence-electron chi connectivity index (χ3n) is 2.61. The molecule has 7 heteroatoms. The van der Waals surface area contributed by atoms with Gasteiger partial charge in [0, 0.05) is 17.4 Å². The minimum Gasteiger partial charge on any atom is -0.465 e. The van der Waals surface area contributed by atoms with Crippen molar-refractivity contribution in [3.05, 3.63) is 38.9 Å². The minimum absolute atomic E-state index is 0.123. The van der Waals surface area contributed by atoms with Gasteiger partial charge in [-0.3, -0.25) is 19.7 Å². The van der Waals surface area contributed by atoms with Crippen molar-refractivity contribution in [2.24, 2.45) is 10.9 Å². The minimum atomic E-state index is -1.13. The Morgan fingerprint density at radius 3 is 2.89 bits per heavy atom. The second-order valence-corrected chi connectivity index (χ2v) is 3.85. The molecule has 0 N–H and O–H groups in total. The fourth-order valence-corrected chi connectivity index (χ4v) is 1.73. The van der Waals surface area contributed by atoms with Crippen LogP contribution in [0.25, 0.3) is 6.08 Å². The van der Waals surface area contributed by atoms with Gasteiger partial charge in [0.1, 0.15) is 0 Å². The van der Waals surface area contributed by atoms with Crippen molar-refractivity contribution in [1.29, 1.82) is 0 Å². The zero-order valence-corrected chi connectivity index (χ0v) is 10.0. The van der Waals surface area contributed by atoms with E-state index in [9.17, 15) is 19.7 Å². The number of hydrogen-bond acceptors (Lipinski definition) is 5. The Morgan fingerprint density at radius 1 is 1.53 bits per heavy atom. The number of non-ortho nitro benzene ring substituents is 1. The molecule has 1 amide bonds. The summed E-state index contributed by atoms with van der Waals surface area (Å²) in [5.41, 5.74) is -0.123. The Kier molecular flexibility index (Phi) is 3.37. The van der Waals surface area contributed by atoms with Gasteiger partial charge in [-0.15, -0.1) is 0 Å². The van der Waals surface area contributed by atoms with Crippen LogP contribution in [0.3, 0.4) is 0 Å². The van der Waals surface area contributed by atoms with E-state index in [4.69, 9.17) is 4.74 Å². The van der Waals surface area contributed by atoms with Crippen molar-refractivity contribution in [2.45, 2.75) is 6.92 Å². The molecule has 1 atom stereocenters. The van der Waals surface area contributed by atoms with Crippen LogP contribution in [-0.4, -0.2) is 23.4 Å². The van der Waals surface area contributed by atoms with Crippen LogP contribution < -0.4 is 10.6 Å². The van der Waals surface area contributed by atoms with Crippen molar-refractivity contribution in [3.63, 3.8) is 0 Å². The second kappa shape index (κ2) is 4.97. The smallest absolute Gasteiger partial charge is 0.322 e. The van der Waals surface area contributed by atoms with Crippen LogP contribution in [0.4, 0.5) is 5.69 Å². The summed E-state index contributed by atoms with van der Waals surface area (Å²) in [6.07, 6.45) is 1.34. The first kappa shape index (κ1) is 12.9. The molecule has 98 valence electrons. The van der Waals surface area contributed by atoms with Crippen molar-refractivity contribution < 1.29 is 19.2 Å². The van der Waals surface area contributed by atoms with Crippen molar-refractivity contribution in [2.75, 3.05) is 6.61 Å². The lowest BCUT2D eigenvalue weighted by atomic mass is 10.0. The van der Waals surface area contributed by atoms with Gasteiger partial charge in [0.25, 0.3) is 11.6 Å². The van der Waals surface area contributed by atoms with E-state index in [1.54, 1.807) is 6.92 Å². The molecule has 1 aliphatic heterocycles. The highest BCUT2D eigenvalue weighted by atomic mass is 16.6. The number of fused-ring (bicyclic) bond motifs is 1. The number of nitrogens with zero attached hydrogens (tertiary/aromatic N) is 2. The van der Waals surface area contributed by atoms with Gasteiger partial charge in [0.2, 0.25) is 0 Å². The van der Waals surface area contributed by atoms with Gasteiger partial charge in [-0.1, -0.05) is 6.08 Å². The normalized spacial score (nSPS) is 16.9. The van der Waals surface area contributed by atoms with E-state index in [0.717, 1.165) is 0 Å². The predicted molar refractivity (Wildman–Crippen MR) is 63.5 cm³/mol. The summed E-state index contributed by atoms with van der Waals surface area (Å²) in [6, 6.07) is 3.91. The number of nitro groups is 1. The summed E-state index contributed by atoms with van der Waals surface area (Å²) in [7, 11) is 0. The monoisotopic (exact) mass is 262 g/mol. The Labute approximate surface area is 107 Å². The number of carbonyl (C=O) groups is 2. The maximum Gasteiger partial charge on any atom is 0.322 e. The lowest BCUT2D eigenvalue weighted by Crippen LogP contribution is -2.37. The molecule has 0 saturated heterocycles. The molecule has 19 heavy (non-hydrogen) atoms. The Bertz CT molecular complexity index is 680. The third-order valence-corrected chi connectivity index (χ3v) is 2.61. The molecule has 1 aliphatic rings. The topological polar surface area (TPSA) is 98.9 Å². The molecule has 0 spiro atoms. The summed E-state index contributed by atoms with van der Waals surface area (Å²) in [6.45, 7) is 1.78. The quantitative estimate of drug-likeness (QED) is 0.323. The number of ether oxygens (including phenoxy) is 1. The molecule has 1 unspecified atom stereocenters. The molecule has 2 rings (SSSR count). The lowest BCUT2D eigenvalue weighted by Gasteiger charge is -2.10. The maximum atomic E-state index is 11.7. The summed E-state index contributed by atoms with van der Waals surface area (Å²) in [4.78, 5) is 37.1. The number of rotatable bonds is 3. The molecule has 7 nitrogen and oxygen atoms in total. The third kappa shape index (κ3) is 2.49. The van der Waals surface area contributed by atoms with E-state index in [2.05, 4.69) is 4.99 Å². The number of nitro benzene ring substituents is 1. The van der Waals surface area contributed by atoms with Gasteiger partial charge in [-0.2, -0.15) is 0 Å². The highest BCUT2D eigenvalue weighted by molar-refractivity contribution is 6.04. The lowest BCUT2D eigenvalue weighted by molar-refractivity contribution is -0.385. The van der Waals surface area contributed by atoms with Crippen LogP contribution in [0, 0.1) is 16.0 Å². The molecule has 0 aliphatic carbocycles. The first-order valence-electron chi connectivity index (χ1n) is 5.58. The van der Waals surface area contributed by atoms with E-state index in [-0.39, 0.29) is 12.3 Å². The Morgan fingerprint density at radius 2 is 2.26 bits per heavy atom. The summed E-state index contributed by atoms with van der Waals surface area (Å²) < 4.78 is 4.76. The first-order chi connectivity index (χ1) is 9.02. The molecule has 0 bridgehead atoms. The van der Waals surface area contributed by atoms with Crippen LogP contribution in [0.15, 0.2) is 23.2 Å². The highest BCUT2D eigenvalue weighted by Gasteiger charge is 2.27. The largest absolute Gasteiger partial charge is 0.465 e. The fourth-order valence-electron chi connectivity index (χ4n) is 1.73. The highest BCUT2D eigenvalue weighted by Crippen LogP contribution is 2.09. The van der Waals surface area contributed by atoms with E-state index < -0.39 is 22.7 Å². The van der Waals surface area contributed by atoms with Crippen LogP contribution in [0.1, 0.15) is 6.92 Å². The van der Waals surface area contributed by atoms with E-state index >= 15 is 0 Å². The van der Waals surface area contributed by atoms with E-state index in [1.165, 1.54) is 24.3 Å². The molecule has 0 fully saturated rings. The number of amides is 1. The molecule has 0 saturated carbocycles. The number of esters is 1. The van der Waals surface area contributed by atoms with Gasteiger partial charge in [0.05, 0.1) is 16.9 Å². The van der Waals surface area contributed by atoms with Crippen LogP contribution in [0.5, 0.6) is 0 Å². The molecule has 1 aromatic carbocycles. The molecule has 0 radical (unpaired) electrons. The van der Waals surface area contributed by atoms with Crippen molar-refractivity contribution in [3.8, 4) is 0 Å². The van der Waals surface area contributed by atoms with Gasteiger partial charge in [0.15, 0.2) is 5.92 Å². The zero-order chi connectivity index (χ0) is 14.0. The summed E-state index contributed by atoms with van der Waals surface area (Å²) in [5.74, 6) is -2.46. The molecule has 0 aromatic heterocycles. The van der Waals surface area contributed by atoms with Crippen LogP contribution >= 0.6 is 0 Å². The average molecular weight is 262 g/mol. The van der Waals surface area contributed by atoms with Gasteiger partial charge >= 0.3 is 5.97 Å². The SMILES string of the molecule is CCOC(=O)C1C=c2cc([N+](=O)[O-])ccc2=NC1=O. The standard InChI is InChI=1S/C12H10N2O5/c1-2-19-12(16)9-6-7-5-8(14(17)18)3-4-10(7)13-11(9)15/h3-6,9H,2H2,1H3. The van der Waals surface area contributed by atoms with Gasteiger partial charge in [-0.25, -0.2) is 4.99 Å². The van der Waals surface area contributed by atoms with Crippen LogP contribution in [-0.2, 0) is 14.3 Å². The summed E-state index contributed by atoms with van der Waals surface area (Å²) in [5, 5.41) is 11.4. The molecular weight excluding hydrogens is 252 g/mol. The van der Waals surface area contributed by atoms with Crippen molar-refractivity contribution in [1.82, 2.24) is 0 Å².